The van der Waals surface area contributed by atoms with Gasteiger partial charge in [-0.15, -0.1) is 0 Å². The number of nitrogens with zero attached hydrogens (tertiary/aromatic N) is 4. The predicted octanol–water partition coefficient (Wildman–Crippen LogP) is 0.319. The summed E-state index contributed by atoms with van der Waals surface area (Å²) < 4.78 is 11.3. The Morgan fingerprint density at radius 1 is 1.17 bits per heavy atom. The van der Waals surface area contributed by atoms with Gasteiger partial charge >= 0.3 is 0 Å². The fourth-order valence-electron chi connectivity index (χ4n) is 3.79. The molecule has 0 N–H and O–H groups in total. The van der Waals surface area contributed by atoms with Gasteiger partial charge in [0.2, 0.25) is 5.91 Å². The van der Waals surface area contributed by atoms with Gasteiger partial charge in [-0.05, 0) is 12.8 Å². The SMILES string of the molecule is O=C(C1CCOCC1)N1C[C@@H]2OCCN(c3cnccn3)[C@@H]2C1. The smallest absolute Gasteiger partial charge is 0.226 e. The predicted molar refractivity (Wildman–Crippen MR) is 83.0 cm³/mol. The Hall–Kier alpha value is -1.73. The fourth-order valence-corrected chi connectivity index (χ4v) is 3.79. The molecule has 0 saturated carbocycles. The summed E-state index contributed by atoms with van der Waals surface area (Å²) in [5.41, 5.74) is 0. The molecule has 23 heavy (non-hydrogen) atoms. The highest BCUT2D eigenvalue weighted by atomic mass is 16.5. The summed E-state index contributed by atoms with van der Waals surface area (Å²) in [5, 5.41) is 0. The number of fused-ring (bicyclic) bond motifs is 1. The molecule has 0 spiro atoms. The average molecular weight is 318 g/mol. The fraction of sp³-hybridized carbons (Fsp3) is 0.688. The number of hydrogen-bond donors (Lipinski definition) is 0. The second kappa shape index (κ2) is 6.41. The van der Waals surface area contributed by atoms with Gasteiger partial charge in [-0.1, -0.05) is 0 Å². The summed E-state index contributed by atoms with van der Waals surface area (Å²) in [5.74, 6) is 1.23. The normalized spacial score (nSPS) is 28.7. The number of amides is 1. The lowest BCUT2D eigenvalue weighted by molar-refractivity contribution is -0.137. The van der Waals surface area contributed by atoms with Crippen molar-refractivity contribution in [1.29, 1.82) is 0 Å². The molecule has 0 radical (unpaired) electrons. The summed E-state index contributed by atoms with van der Waals surface area (Å²) in [4.78, 5) is 25.5. The van der Waals surface area contributed by atoms with Gasteiger partial charge < -0.3 is 19.3 Å². The van der Waals surface area contributed by atoms with Crippen LogP contribution in [0.3, 0.4) is 0 Å². The highest BCUT2D eigenvalue weighted by molar-refractivity contribution is 5.79. The summed E-state index contributed by atoms with van der Waals surface area (Å²) >= 11 is 0. The molecule has 4 heterocycles. The monoisotopic (exact) mass is 318 g/mol. The van der Waals surface area contributed by atoms with Crippen LogP contribution in [0.15, 0.2) is 18.6 Å². The lowest BCUT2D eigenvalue weighted by Gasteiger charge is -2.37. The molecule has 3 fully saturated rings. The van der Waals surface area contributed by atoms with Gasteiger partial charge in [0.15, 0.2) is 0 Å². The zero-order valence-electron chi connectivity index (χ0n) is 13.1. The minimum Gasteiger partial charge on any atom is -0.381 e. The first-order chi connectivity index (χ1) is 11.3. The minimum absolute atomic E-state index is 0.0644. The number of carbonyl (C=O) groups is 1. The van der Waals surface area contributed by atoms with E-state index in [9.17, 15) is 4.79 Å². The minimum atomic E-state index is 0.0644. The average Bonchev–Trinajstić information content (AvgIpc) is 3.06. The number of carbonyl (C=O) groups excluding carboxylic acids is 1. The molecular weight excluding hydrogens is 296 g/mol. The number of aromatic nitrogens is 2. The lowest BCUT2D eigenvalue weighted by Crippen LogP contribution is -2.51. The van der Waals surface area contributed by atoms with Crippen molar-refractivity contribution >= 4 is 11.7 Å². The summed E-state index contributed by atoms with van der Waals surface area (Å²) in [6.45, 7) is 4.23. The van der Waals surface area contributed by atoms with Gasteiger partial charge in [-0.3, -0.25) is 9.78 Å². The number of hydrogen-bond acceptors (Lipinski definition) is 6. The molecule has 1 amide bonds. The van der Waals surface area contributed by atoms with Gasteiger partial charge in [-0.2, -0.15) is 0 Å². The van der Waals surface area contributed by atoms with Crippen LogP contribution in [-0.2, 0) is 14.3 Å². The van der Waals surface area contributed by atoms with Gasteiger partial charge in [0.25, 0.3) is 0 Å². The molecule has 7 heteroatoms. The molecule has 2 atom stereocenters. The van der Waals surface area contributed by atoms with Crippen molar-refractivity contribution in [3.63, 3.8) is 0 Å². The van der Waals surface area contributed by atoms with Gasteiger partial charge in [-0.25, -0.2) is 4.98 Å². The number of rotatable bonds is 2. The Balaban J connectivity index is 1.47. The first-order valence-electron chi connectivity index (χ1n) is 8.34. The Morgan fingerprint density at radius 2 is 2.04 bits per heavy atom. The van der Waals surface area contributed by atoms with E-state index in [2.05, 4.69) is 14.9 Å². The van der Waals surface area contributed by atoms with E-state index >= 15 is 0 Å². The van der Waals surface area contributed by atoms with Crippen LogP contribution in [-0.4, -0.2) is 72.4 Å². The van der Waals surface area contributed by atoms with Crippen molar-refractivity contribution < 1.29 is 14.3 Å². The first-order valence-corrected chi connectivity index (χ1v) is 8.34. The van der Waals surface area contributed by atoms with Crippen molar-refractivity contribution in [3.05, 3.63) is 18.6 Å². The quantitative estimate of drug-likeness (QED) is 0.782. The van der Waals surface area contributed by atoms with Gasteiger partial charge in [0, 0.05) is 51.2 Å². The van der Waals surface area contributed by atoms with Crippen molar-refractivity contribution in [2.75, 3.05) is 44.4 Å². The van der Waals surface area contributed by atoms with Crippen LogP contribution in [0.25, 0.3) is 0 Å². The third-order valence-electron chi connectivity index (χ3n) is 5.03. The number of anilines is 1. The standard InChI is InChI=1S/C16H22N4O3/c21-16(12-1-6-22-7-2-12)19-10-13-14(11-19)23-8-5-20(13)15-9-17-3-4-18-15/h3-4,9,12-14H,1-2,5-8,10-11H2/t13-,14+/m1/s1. The number of ether oxygens (including phenoxy) is 2. The molecule has 3 aliphatic rings. The Bertz CT molecular complexity index is 550. The van der Waals surface area contributed by atoms with E-state index in [1.807, 2.05) is 4.90 Å². The van der Waals surface area contributed by atoms with E-state index < -0.39 is 0 Å². The van der Waals surface area contributed by atoms with E-state index in [4.69, 9.17) is 9.47 Å². The molecule has 7 nitrogen and oxygen atoms in total. The molecule has 3 aliphatic heterocycles. The zero-order valence-corrected chi connectivity index (χ0v) is 13.1. The van der Waals surface area contributed by atoms with Gasteiger partial charge in [0.1, 0.15) is 5.82 Å². The molecule has 124 valence electrons. The van der Waals surface area contributed by atoms with Crippen LogP contribution < -0.4 is 4.90 Å². The summed E-state index contributed by atoms with van der Waals surface area (Å²) in [7, 11) is 0. The largest absolute Gasteiger partial charge is 0.381 e. The second-order valence-corrected chi connectivity index (χ2v) is 6.36. The maximum absolute atomic E-state index is 12.8. The molecule has 0 aliphatic carbocycles. The highest BCUT2D eigenvalue weighted by Crippen LogP contribution is 2.28. The van der Waals surface area contributed by atoms with Crippen LogP contribution in [0.5, 0.6) is 0 Å². The van der Waals surface area contributed by atoms with E-state index in [1.54, 1.807) is 18.6 Å². The summed E-state index contributed by atoms with van der Waals surface area (Å²) in [6, 6.07) is 0.171. The van der Waals surface area contributed by atoms with E-state index in [1.165, 1.54) is 0 Å². The molecule has 0 unspecified atom stereocenters. The maximum Gasteiger partial charge on any atom is 0.226 e. The topological polar surface area (TPSA) is 67.8 Å². The second-order valence-electron chi connectivity index (χ2n) is 6.36. The Labute approximate surface area is 135 Å². The van der Waals surface area contributed by atoms with Crippen LogP contribution in [0, 0.1) is 5.92 Å². The molecule has 3 saturated heterocycles. The highest BCUT2D eigenvalue weighted by Gasteiger charge is 2.43. The van der Waals surface area contributed by atoms with Crippen molar-refractivity contribution in [1.82, 2.24) is 14.9 Å². The van der Waals surface area contributed by atoms with Crippen molar-refractivity contribution in [3.8, 4) is 0 Å². The third kappa shape index (κ3) is 2.90. The Kier molecular flexibility index (Phi) is 4.13. The molecule has 0 aromatic carbocycles. The van der Waals surface area contributed by atoms with Gasteiger partial charge in [0.05, 0.1) is 24.9 Å². The molecule has 1 aromatic heterocycles. The molecular formula is C16H22N4O3. The van der Waals surface area contributed by atoms with E-state index in [0.717, 1.165) is 25.2 Å². The molecule has 1 aromatic rings. The van der Waals surface area contributed by atoms with E-state index in [-0.39, 0.29) is 24.0 Å². The van der Waals surface area contributed by atoms with Crippen molar-refractivity contribution in [2.24, 2.45) is 5.92 Å². The lowest BCUT2D eigenvalue weighted by atomic mass is 9.99. The summed E-state index contributed by atoms with van der Waals surface area (Å²) in [6.07, 6.45) is 6.90. The van der Waals surface area contributed by atoms with Crippen LogP contribution in [0.1, 0.15) is 12.8 Å². The van der Waals surface area contributed by atoms with Crippen LogP contribution in [0.2, 0.25) is 0 Å². The van der Waals surface area contributed by atoms with Crippen LogP contribution >= 0.6 is 0 Å². The number of morpholine rings is 1. The van der Waals surface area contributed by atoms with Crippen molar-refractivity contribution in [2.45, 2.75) is 25.0 Å². The third-order valence-corrected chi connectivity index (χ3v) is 5.03. The maximum atomic E-state index is 12.8. The zero-order chi connectivity index (χ0) is 15.6. The molecule has 4 rings (SSSR count). The Morgan fingerprint density at radius 3 is 2.83 bits per heavy atom. The van der Waals surface area contributed by atoms with E-state index in [0.29, 0.717) is 32.9 Å². The van der Waals surface area contributed by atoms with Crippen LogP contribution in [0.4, 0.5) is 5.82 Å². The number of likely N-dealkylation sites (tertiary alicyclic amines) is 1. The molecule has 0 bridgehead atoms. The first kappa shape index (κ1) is 14.8.